The number of ether oxygens (including phenoxy) is 1. The van der Waals surface area contributed by atoms with E-state index in [4.69, 9.17) is 4.74 Å². The molecule has 28 heavy (non-hydrogen) atoms. The van der Waals surface area contributed by atoms with Crippen LogP contribution in [0.1, 0.15) is 30.0 Å². The molecule has 10 heteroatoms. The van der Waals surface area contributed by atoms with E-state index in [9.17, 15) is 26.0 Å². The fraction of sp³-hybridized carbons (Fsp3) is 0.389. The van der Waals surface area contributed by atoms with E-state index in [-0.39, 0.29) is 16.4 Å². The van der Waals surface area contributed by atoms with Crippen LogP contribution in [-0.4, -0.2) is 43.6 Å². The molecule has 1 atom stereocenters. The number of halogens is 4. The van der Waals surface area contributed by atoms with E-state index < -0.39 is 34.6 Å². The Bertz CT molecular complexity index is 929. The molecule has 0 spiro atoms. The summed E-state index contributed by atoms with van der Waals surface area (Å²) in [5, 5.41) is 0. The number of nitrogens with zero attached hydrogens (tertiary/aromatic N) is 2. The second-order valence-corrected chi connectivity index (χ2v) is 8.28. The van der Waals surface area contributed by atoms with E-state index in [1.54, 1.807) is 0 Å². The van der Waals surface area contributed by atoms with Crippen LogP contribution in [0.25, 0.3) is 0 Å². The molecule has 1 unspecified atom stereocenters. The zero-order chi connectivity index (χ0) is 20.5. The van der Waals surface area contributed by atoms with Crippen LogP contribution in [0.15, 0.2) is 47.6 Å². The summed E-state index contributed by atoms with van der Waals surface area (Å²) in [7, 11) is -4.52. The molecular formula is C18H18F4N2O3S. The minimum absolute atomic E-state index is 0.0340. The van der Waals surface area contributed by atoms with Crippen LogP contribution < -0.4 is 0 Å². The van der Waals surface area contributed by atoms with Crippen LogP contribution in [-0.2, 0) is 14.8 Å². The van der Waals surface area contributed by atoms with Gasteiger partial charge in [0.15, 0.2) is 0 Å². The van der Waals surface area contributed by atoms with Crippen LogP contribution in [0.5, 0.6) is 0 Å². The lowest BCUT2D eigenvalue weighted by Gasteiger charge is -2.32. The number of rotatable bonds is 6. The van der Waals surface area contributed by atoms with Crippen LogP contribution in [0.4, 0.5) is 17.6 Å². The van der Waals surface area contributed by atoms with E-state index >= 15 is 0 Å². The molecule has 3 rings (SSSR count). The van der Waals surface area contributed by atoms with Gasteiger partial charge in [-0.3, -0.25) is 4.98 Å². The van der Waals surface area contributed by atoms with Crippen molar-refractivity contribution < 1.29 is 30.7 Å². The molecule has 2 heterocycles. The van der Waals surface area contributed by atoms with Gasteiger partial charge in [0.25, 0.3) is 0 Å². The average molecular weight is 418 g/mol. The molecule has 0 saturated carbocycles. The van der Waals surface area contributed by atoms with Crippen molar-refractivity contribution in [1.82, 2.24) is 9.29 Å². The lowest BCUT2D eigenvalue weighted by Crippen LogP contribution is -2.42. The maximum Gasteiger partial charge on any atom is 0.409 e. The normalized spacial score (nSPS) is 16.8. The van der Waals surface area contributed by atoms with Gasteiger partial charge in [-0.15, -0.1) is 0 Å². The zero-order valence-corrected chi connectivity index (χ0v) is 15.7. The standard InChI is InChI=1S/C18H18F4N2O3S/c1-2-24(17(18(20,21)22)12-3-5-15(19)6-4-12)28(25,26)16-7-13(8-23-9-16)14-10-27-11-14/h3-9,14,17H,2,10-11H2,1H3. The highest BCUT2D eigenvalue weighted by atomic mass is 32.2. The fourth-order valence-electron chi connectivity index (χ4n) is 3.02. The Morgan fingerprint density at radius 1 is 1.21 bits per heavy atom. The summed E-state index contributed by atoms with van der Waals surface area (Å²) in [6.07, 6.45) is -2.39. The summed E-state index contributed by atoms with van der Waals surface area (Å²) in [5.41, 5.74) is 0.226. The van der Waals surface area contributed by atoms with E-state index in [1.807, 2.05) is 0 Å². The van der Waals surface area contributed by atoms with Crippen LogP contribution in [0.2, 0.25) is 0 Å². The minimum atomic E-state index is -4.90. The van der Waals surface area contributed by atoms with Gasteiger partial charge >= 0.3 is 6.18 Å². The quantitative estimate of drug-likeness (QED) is 0.672. The Balaban J connectivity index is 2.04. The van der Waals surface area contributed by atoms with Gasteiger partial charge < -0.3 is 4.74 Å². The SMILES string of the molecule is CCN(C(c1ccc(F)cc1)C(F)(F)F)S(=O)(=O)c1cncc(C2COC2)c1. The molecule has 0 bridgehead atoms. The van der Waals surface area contributed by atoms with Crippen molar-refractivity contribution in [1.29, 1.82) is 0 Å². The minimum Gasteiger partial charge on any atom is -0.380 e. The third kappa shape index (κ3) is 4.03. The molecule has 0 radical (unpaired) electrons. The number of pyridine rings is 1. The molecule has 1 aliphatic rings. The highest BCUT2D eigenvalue weighted by Gasteiger charge is 2.48. The van der Waals surface area contributed by atoms with Gasteiger partial charge in [-0.25, -0.2) is 12.8 Å². The first kappa shape index (κ1) is 20.7. The van der Waals surface area contributed by atoms with E-state index in [0.29, 0.717) is 23.1 Å². The summed E-state index contributed by atoms with van der Waals surface area (Å²) >= 11 is 0. The number of hydrogen-bond donors (Lipinski definition) is 0. The Labute approximate surface area is 160 Å². The second-order valence-electron chi connectivity index (χ2n) is 6.39. The summed E-state index contributed by atoms with van der Waals surface area (Å²) in [4.78, 5) is 3.56. The van der Waals surface area contributed by atoms with Crippen molar-refractivity contribution in [3.05, 3.63) is 59.7 Å². The first-order valence-electron chi connectivity index (χ1n) is 8.51. The van der Waals surface area contributed by atoms with Crippen molar-refractivity contribution >= 4 is 10.0 Å². The van der Waals surface area contributed by atoms with Crippen molar-refractivity contribution in [3.8, 4) is 0 Å². The summed E-state index contributed by atoms with van der Waals surface area (Å²) in [5.74, 6) is -0.747. The number of alkyl halides is 3. The monoisotopic (exact) mass is 418 g/mol. The molecule has 1 aliphatic heterocycles. The van der Waals surface area contributed by atoms with E-state index in [0.717, 1.165) is 30.5 Å². The van der Waals surface area contributed by atoms with Crippen LogP contribution >= 0.6 is 0 Å². The molecule has 1 fully saturated rings. The smallest absolute Gasteiger partial charge is 0.380 e. The highest BCUT2D eigenvalue weighted by molar-refractivity contribution is 7.89. The topological polar surface area (TPSA) is 59.5 Å². The molecular weight excluding hydrogens is 400 g/mol. The van der Waals surface area contributed by atoms with E-state index in [1.165, 1.54) is 19.2 Å². The Hall–Kier alpha value is -2.04. The average Bonchev–Trinajstić information content (AvgIpc) is 2.58. The Morgan fingerprint density at radius 3 is 2.36 bits per heavy atom. The van der Waals surface area contributed by atoms with Gasteiger partial charge in [-0.1, -0.05) is 19.1 Å². The maximum absolute atomic E-state index is 13.8. The molecule has 1 aromatic heterocycles. The first-order chi connectivity index (χ1) is 13.1. The predicted molar refractivity (Wildman–Crippen MR) is 92.6 cm³/mol. The van der Waals surface area contributed by atoms with Gasteiger partial charge in [-0.05, 0) is 29.3 Å². The van der Waals surface area contributed by atoms with Crippen molar-refractivity contribution in [2.45, 2.75) is 30.0 Å². The number of aromatic nitrogens is 1. The second kappa shape index (κ2) is 7.76. The van der Waals surface area contributed by atoms with Crippen LogP contribution in [0.3, 0.4) is 0 Å². The number of benzene rings is 1. The predicted octanol–water partition coefficient (Wildman–Crippen LogP) is 3.65. The third-order valence-electron chi connectivity index (χ3n) is 4.55. The molecule has 1 aromatic carbocycles. The van der Waals surface area contributed by atoms with Crippen molar-refractivity contribution in [3.63, 3.8) is 0 Å². The van der Waals surface area contributed by atoms with Crippen molar-refractivity contribution in [2.75, 3.05) is 19.8 Å². The molecule has 5 nitrogen and oxygen atoms in total. The van der Waals surface area contributed by atoms with Gasteiger partial charge in [0, 0.05) is 24.9 Å². The molecule has 0 aliphatic carbocycles. The summed E-state index contributed by atoms with van der Waals surface area (Å²) in [6.45, 7) is 1.70. The van der Waals surface area contributed by atoms with Gasteiger partial charge in [0.1, 0.15) is 16.8 Å². The summed E-state index contributed by atoms with van der Waals surface area (Å²) < 4.78 is 86.2. The number of hydrogen-bond acceptors (Lipinski definition) is 4. The van der Waals surface area contributed by atoms with Gasteiger partial charge in [0.2, 0.25) is 10.0 Å². The molecule has 0 amide bonds. The van der Waals surface area contributed by atoms with Crippen LogP contribution in [0, 0.1) is 5.82 Å². The molecule has 1 saturated heterocycles. The lowest BCUT2D eigenvalue weighted by molar-refractivity contribution is -0.173. The summed E-state index contributed by atoms with van der Waals surface area (Å²) in [6, 6.07) is 2.49. The Morgan fingerprint density at radius 2 is 1.86 bits per heavy atom. The highest BCUT2D eigenvalue weighted by Crippen LogP contribution is 2.40. The van der Waals surface area contributed by atoms with Crippen molar-refractivity contribution in [2.24, 2.45) is 0 Å². The van der Waals surface area contributed by atoms with E-state index in [2.05, 4.69) is 4.98 Å². The van der Waals surface area contributed by atoms with Gasteiger partial charge in [0.05, 0.1) is 13.2 Å². The van der Waals surface area contributed by atoms with Gasteiger partial charge in [-0.2, -0.15) is 17.5 Å². The fourth-order valence-corrected chi connectivity index (χ4v) is 4.63. The number of sulfonamides is 1. The lowest BCUT2D eigenvalue weighted by atomic mass is 10.00. The third-order valence-corrected chi connectivity index (χ3v) is 6.45. The molecule has 2 aromatic rings. The largest absolute Gasteiger partial charge is 0.409 e. The first-order valence-corrected chi connectivity index (χ1v) is 9.95. The Kier molecular flexibility index (Phi) is 5.74. The zero-order valence-electron chi connectivity index (χ0n) is 14.9. The maximum atomic E-state index is 13.8. The molecule has 152 valence electrons. The molecule has 0 N–H and O–H groups in total.